The van der Waals surface area contributed by atoms with Gasteiger partial charge in [0.05, 0.1) is 25.0 Å². The van der Waals surface area contributed by atoms with Gasteiger partial charge in [-0.3, -0.25) is 14.5 Å². The van der Waals surface area contributed by atoms with Crippen molar-refractivity contribution in [2.24, 2.45) is 0 Å². The van der Waals surface area contributed by atoms with E-state index in [0.29, 0.717) is 11.3 Å². The second kappa shape index (κ2) is 10.1. The second-order valence-electron chi connectivity index (χ2n) is 7.75. The highest BCUT2D eigenvalue weighted by Crippen LogP contribution is 2.27. The van der Waals surface area contributed by atoms with Gasteiger partial charge in [0, 0.05) is 25.3 Å². The highest BCUT2D eigenvalue weighted by molar-refractivity contribution is 6.39. The first-order chi connectivity index (χ1) is 16.0. The van der Waals surface area contributed by atoms with Gasteiger partial charge in [0.2, 0.25) is 0 Å². The molecule has 0 radical (unpaired) electrons. The van der Waals surface area contributed by atoms with Crippen molar-refractivity contribution in [2.75, 3.05) is 25.5 Å². The minimum Gasteiger partial charge on any atom is -0.468 e. The number of amides is 2. The van der Waals surface area contributed by atoms with Crippen molar-refractivity contribution in [2.45, 2.75) is 19.0 Å². The summed E-state index contributed by atoms with van der Waals surface area (Å²) in [6, 6.07) is 17.9. The summed E-state index contributed by atoms with van der Waals surface area (Å²) in [5.74, 6) is -1.28. The maximum absolute atomic E-state index is 12.5. The SMILES string of the molecule is COC(=O)c1ccc(NC(=O)C(=O)NC[C@@H](c2ccco2)N2CCc3ccccc3C2)cc1. The van der Waals surface area contributed by atoms with Gasteiger partial charge in [-0.2, -0.15) is 0 Å². The third kappa shape index (κ3) is 5.30. The molecule has 4 rings (SSSR count). The van der Waals surface area contributed by atoms with E-state index in [9.17, 15) is 14.4 Å². The van der Waals surface area contributed by atoms with Crippen LogP contribution in [0.4, 0.5) is 5.69 Å². The lowest BCUT2D eigenvalue weighted by Crippen LogP contribution is -2.43. The smallest absolute Gasteiger partial charge is 0.337 e. The summed E-state index contributed by atoms with van der Waals surface area (Å²) in [5.41, 5.74) is 3.33. The molecule has 2 amide bonds. The van der Waals surface area contributed by atoms with Crippen LogP contribution in [0.3, 0.4) is 0 Å². The van der Waals surface area contributed by atoms with Gasteiger partial charge in [0.1, 0.15) is 5.76 Å². The topological polar surface area (TPSA) is 101 Å². The zero-order chi connectivity index (χ0) is 23.2. The van der Waals surface area contributed by atoms with Crippen LogP contribution >= 0.6 is 0 Å². The summed E-state index contributed by atoms with van der Waals surface area (Å²) in [6.45, 7) is 1.77. The molecule has 170 valence electrons. The Hall–Kier alpha value is -3.91. The minimum atomic E-state index is -0.789. The molecule has 2 heterocycles. The second-order valence-corrected chi connectivity index (χ2v) is 7.75. The molecule has 1 aromatic heterocycles. The monoisotopic (exact) mass is 447 g/mol. The summed E-state index contributed by atoms with van der Waals surface area (Å²) in [7, 11) is 1.29. The molecule has 0 unspecified atom stereocenters. The summed E-state index contributed by atoms with van der Waals surface area (Å²) in [4.78, 5) is 38.6. The Morgan fingerprint density at radius 2 is 1.76 bits per heavy atom. The van der Waals surface area contributed by atoms with Crippen LogP contribution in [0.1, 0.15) is 33.3 Å². The molecule has 0 aliphatic carbocycles. The standard InChI is InChI=1S/C25H25N3O5/c1-32-25(31)18-8-10-20(11-9-18)27-24(30)23(29)26-15-21(22-7-4-14-33-22)28-13-12-17-5-2-3-6-19(17)16-28/h2-11,14,21H,12-13,15-16H2,1H3,(H,26,29)(H,27,30)/t21-/m0/s1. The Balaban J connectivity index is 1.38. The maximum atomic E-state index is 12.5. The van der Waals surface area contributed by atoms with Crippen LogP contribution in [0.2, 0.25) is 0 Å². The van der Waals surface area contributed by atoms with Crippen molar-refractivity contribution < 1.29 is 23.5 Å². The number of nitrogens with one attached hydrogen (secondary N) is 2. The molecule has 0 fully saturated rings. The molecule has 2 N–H and O–H groups in total. The molecular formula is C25H25N3O5. The molecule has 8 heteroatoms. The number of rotatable bonds is 6. The molecule has 3 aromatic rings. The number of anilines is 1. The fourth-order valence-electron chi connectivity index (χ4n) is 3.94. The fourth-order valence-corrected chi connectivity index (χ4v) is 3.94. The van der Waals surface area contributed by atoms with E-state index in [4.69, 9.17) is 4.42 Å². The highest BCUT2D eigenvalue weighted by atomic mass is 16.5. The van der Waals surface area contributed by atoms with Crippen molar-refractivity contribution in [3.63, 3.8) is 0 Å². The average molecular weight is 447 g/mol. The van der Waals surface area contributed by atoms with Gasteiger partial charge >= 0.3 is 17.8 Å². The Bertz CT molecular complexity index is 1130. The predicted molar refractivity (Wildman–Crippen MR) is 121 cm³/mol. The third-order valence-corrected chi connectivity index (χ3v) is 5.70. The van der Waals surface area contributed by atoms with Gasteiger partial charge in [0.15, 0.2) is 0 Å². The quantitative estimate of drug-likeness (QED) is 0.445. The molecule has 8 nitrogen and oxygen atoms in total. The van der Waals surface area contributed by atoms with Gasteiger partial charge in [-0.15, -0.1) is 0 Å². The van der Waals surface area contributed by atoms with Gasteiger partial charge in [-0.1, -0.05) is 24.3 Å². The first-order valence-corrected chi connectivity index (χ1v) is 10.7. The van der Waals surface area contributed by atoms with Crippen molar-refractivity contribution in [1.29, 1.82) is 0 Å². The first kappa shape index (κ1) is 22.3. The Kier molecular flexibility index (Phi) is 6.85. The van der Waals surface area contributed by atoms with Crippen LogP contribution < -0.4 is 10.6 Å². The van der Waals surface area contributed by atoms with E-state index in [-0.39, 0.29) is 12.6 Å². The normalized spacial score (nSPS) is 14.1. The molecule has 1 aliphatic heterocycles. The van der Waals surface area contributed by atoms with Gasteiger partial charge < -0.3 is 19.8 Å². The van der Waals surface area contributed by atoms with E-state index in [0.717, 1.165) is 25.3 Å². The van der Waals surface area contributed by atoms with E-state index in [1.54, 1.807) is 6.26 Å². The summed E-state index contributed by atoms with van der Waals surface area (Å²) < 4.78 is 10.3. The summed E-state index contributed by atoms with van der Waals surface area (Å²) in [6.07, 6.45) is 2.51. The number of ether oxygens (including phenoxy) is 1. The number of hydrogen-bond acceptors (Lipinski definition) is 6. The maximum Gasteiger partial charge on any atom is 0.337 e. The van der Waals surface area contributed by atoms with Crippen molar-refractivity contribution >= 4 is 23.5 Å². The number of furan rings is 1. The summed E-state index contributed by atoms with van der Waals surface area (Å²) >= 11 is 0. The van der Waals surface area contributed by atoms with E-state index in [1.807, 2.05) is 24.3 Å². The number of nitrogens with zero attached hydrogens (tertiary/aromatic N) is 1. The lowest BCUT2D eigenvalue weighted by atomic mass is 9.98. The van der Waals surface area contributed by atoms with E-state index in [2.05, 4.69) is 32.4 Å². The molecule has 0 saturated heterocycles. The van der Waals surface area contributed by atoms with Crippen molar-refractivity contribution in [1.82, 2.24) is 10.2 Å². The Morgan fingerprint density at radius 1 is 1.00 bits per heavy atom. The molecule has 1 atom stereocenters. The average Bonchev–Trinajstić information content (AvgIpc) is 3.38. The largest absolute Gasteiger partial charge is 0.468 e. The van der Waals surface area contributed by atoms with Gasteiger partial charge in [-0.25, -0.2) is 4.79 Å². The lowest BCUT2D eigenvalue weighted by Gasteiger charge is -2.34. The molecular weight excluding hydrogens is 422 g/mol. The molecule has 0 spiro atoms. The molecule has 0 saturated carbocycles. The lowest BCUT2D eigenvalue weighted by molar-refractivity contribution is -0.136. The van der Waals surface area contributed by atoms with E-state index >= 15 is 0 Å². The van der Waals surface area contributed by atoms with Crippen LogP contribution in [-0.4, -0.2) is 42.9 Å². The van der Waals surface area contributed by atoms with E-state index < -0.39 is 17.8 Å². The van der Waals surface area contributed by atoms with Crippen LogP contribution in [0.15, 0.2) is 71.3 Å². The highest BCUT2D eigenvalue weighted by Gasteiger charge is 2.28. The Labute approximate surface area is 191 Å². The molecule has 2 aromatic carbocycles. The third-order valence-electron chi connectivity index (χ3n) is 5.70. The van der Waals surface area contributed by atoms with Gasteiger partial charge in [-0.05, 0) is 53.9 Å². The van der Waals surface area contributed by atoms with Crippen LogP contribution in [-0.2, 0) is 27.3 Å². The number of esters is 1. The fraction of sp³-hybridized carbons (Fsp3) is 0.240. The van der Waals surface area contributed by atoms with Crippen LogP contribution in [0, 0.1) is 0 Å². The number of carbonyl (C=O) groups is 3. The Morgan fingerprint density at radius 3 is 2.45 bits per heavy atom. The number of fused-ring (bicyclic) bond motifs is 1. The van der Waals surface area contributed by atoms with E-state index in [1.165, 1.54) is 42.5 Å². The van der Waals surface area contributed by atoms with Crippen LogP contribution in [0.5, 0.6) is 0 Å². The molecule has 33 heavy (non-hydrogen) atoms. The minimum absolute atomic E-state index is 0.204. The predicted octanol–water partition coefficient (Wildman–Crippen LogP) is 2.92. The first-order valence-electron chi connectivity index (χ1n) is 10.7. The number of benzene rings is 2. The number of hydrogen-bond donors (Lipinski definition) is 2. The zero-order valence-corrected chi connectivity index (χ0v) is 18.2. The van der Waals surface area contributed by atoms with Crippen molar-refractivity contribution in [3.8, 4) is 0 Å². The number of methoxy groups -OCH3 is 1. The molecule has 1 aliphatic rings. The molecule has 0 bridgehead atoms. The van der Waals surface area contributed by atoms with Gasteiger partial charge in [0.25, 0.3) is 0 Å². The van der Waals surface area contributed by atoms with Crippen molar-refractivity contribution in [3.05, 3.63) is 89.4 Å². The summed E-state index contributed by atoms with van der Waals surface area (Å²) in [5, 5.41) is 5.26. The number of carbonyl (C=O) groups excluding carboxylic acids is 3. The van der Waals surface area contributed by atoms with Crippen LogP contribution in [0.25, 0.3) is 0 Å². The zero-order valence-electron chi connectivity index (χ0n) is 18.2.